The molecule has 96 valence electrons. The van der Waals surface area contributed by atoms with Crippen molar-refractivity contribution in [1.82, 2.24) is 0 Å². The van der Waals surface area contributed by atoms with Crippen LogP contribution in [0.15, 0.2) is 24.3 Å². The number of carboxylic acid groups (broad SMARTS) is 1. The predicted molar refractivity (Wildman–Crippen MR) is 63.4 cm³/mol. The van der Waals surface area contributed by atoms with Crippen LogP contribution in [0, 0.1) is 5.82 Å². The molecule has 0 aliphatic rings. The molecule has 1 aromatic carbocycles. The molecule has 0 saturated carbocycles. The van der Waals surface area contributed by atoms with Crippen molar-refractivity contribution >= 4 is 18.0 Å². The second-order valence-corrected chi connectivity index (χ2v) is 3.60. The molecule has 0 bridgehead atoms. The van der Waals surface area contributed by atoms with Gasteiger partial charge in [0.05, 0.1) is 20.0 Å². The fraction of sp³-hybridized carbons (Fsp3) is 0.231. The van der Waals surface area contributed by atoms with Crippen LogP contribution in [0.2, 0.25) is 0 Å². The Morgan fingerprint density at radius 2 is 2.17 bits per heavy atom. The highest BCUT2D eigenvalue weighted by atomic mass is 19.1. The van der Waals surface area contributed by atoms with Crippen LogP contribution in [-0.4, -0.2) is 24.2 Å². The van der Waals surface area contributed by atoms with E-state index in [4.69, 9.17) is 5.11 Å². The molecule has 0 heterocycles. The fourth-order valence-electron chi connectivity index (χ4n) is 1.42. The van der Waals surface area contributed by atoms with Crippen LogP contribution in [0.5, 0.6) is 0 Å². The van der Waals surface area contributed by atoms with Gasteiger partial charge in [-0.2, -0.15) is 0 Å². The molecule has 18 heavy (non-hydrogen) atoms. The Hall–Kier alpha value is -2.17. The van der Waals surface area contributed by atoms with Gasteiger partial charge in [-0.15, -0.1) is 0 Å². The highest BCUT2D eigenvalue weighted by molar-refractivity contribution is 5.74. The standard InChI is InChI=1S/C13H13FO4/c1-18-13(17)4-2-3-9-5-6-11(14)7-10(9)8-12(15)16/h2-3,5-7H,4,8H2,1H3,(H,15,16). The fourth-order valence-corrected chi connectivity index (χ4v) is 1.42. The summed E-state index contributed by atoms with van der Waals surface area (Å²) in [6, 6.07) is 3.89. The Morgan fingerprint density at radius 3 is 2.78 bits per heavy atom. The lowest BCUT2D eigenvalue weighted by Gasteiger charge is -2.03. The van der Waals surface area contributed by atoms with E-state index >= 15 is 0 Å². The van der Waals surface area contributed by atoms with Crippen molar-refractivity contribution in [2.45, 2.75) is 12.8 Å². The number of ether oxygens (including phenoxy) is 1. The first kappa shape index (κ1) is 13.9. The molecule has 5 heteroatoms. The van der Waals surface area contributed by atoms with E-state index in [9.17, 15) is 14.0 Å². The van der Waals surface area contributed by atoms with E-state index in [0.29, 0.717) is 11.1 Å². The Labute approximate surface area is 104 Å². The number of esters is 1. The summed E-state index contributed by atoms with van der Waals surface area (Å²) in [5.74, 6) is -1.92. The van der Waals surface area contributed by atoms with Gasteiger partial charge in [0, 0.05) is 0 Å². The molecule has 1 rings (SSSR count). The lowest BCUT2D eigenvalue weighted by Crippen LogP contribution is -2.02. The first-order valence-corrected chi connectivity index (χ1v) is 5.26. The molecule has 0 aliphatic heterocycles. The normalized spacial score (nSPS) is 10.6. The molecule has 0 aliphatic carbocycles. The van der Waals surface area contributed by atoms with Gasteiger partial charge in [0.1, 0.15) is 5.82 Å². The quantitative estimate of drug-likeness (QED) is 0.814. The van der Waals surface area contributed by atoms with E-state index in [1.54, 1.807) is 12.2 Å². The number of carbonyl (C=O) groups is 2. The third kappa shape index (κ3) is 4.37. The Bertz CT molecular complexity index is 480. The summed E-state index contributed by atoms with van der Waals surface area (Å²) in [6.07, 6.45) is 2.94. The minimum Gasteiger partial charge on any atom is -0.481 e. The smallest absolute Gasteiger partial charge is 0.309 e. The highest BCUT2D eigenvalue weighted by Crippen LogP contribution is 2.14. The SMILES string of the molecule is COC(=O)CC=Cc1ccc(F)cc1CC(=O)O. The number of halogens is 1. The van der Waals surface area contributed by atoms with Crippen LogP contribution in [0.4, 0.5) is 4.39 Å². The van der Waals surface area contributed by atoms with Crippen molar-refractivity contribution in [3.63, 3.8) is 0 Å². The van der Waals surface area contributed by atoms with Crippen LogP contribution >= 0.6 is 0 Å². The molecule has 0 unspecified atom stereocenters. The molecule has 1 N–H and O–H groups in total. The van der Waals surface area contributed by atoms with Gasteiger partial charge in [-0.1, -0.05) is 18.2 Å². The molecule has 0 radical (unpaired) electrons. The van der Waals surface area contributed by atoms with Gasteiger partial charge in [-0.05, 0) is 23.3 Å². The summed E-state index contributed by atoms with van der Waals surface area (Å²) < 4.78 is 17.5. The molecular formula is C13H13FO4. The molecule has 0 atom stereocenters. The molecule has 0 saturated heterocycles. The third-order valence-electron chi connectivity index (χ3n) is 2.26. The molecule has 0 aromatic heterocycles. The van der Waals surface area contributed by atoms with E-state index in [1.165, 1.54) is 25.3 Å². The second kappa shape index (κ2) is 6.54. The number of benzene rings is 1. The average Bonchev–Trinajstić information content (AvgIpc) is 2.31. The van der Waals surface area contributed by atoms with Crippen LogP contribution in [0.3, 0.4) is 0 Å². The molecular weight excluding hydrogens is 239 g/mol. The predicted octanol–water partition coefficient (Wildman–Crippen LogP) is 2.03. The van der Waals surface area contributed by atoms with Crippen LogP contribution in [0.1, 0.15) is 17.5 Å². The van der Waals surface area contributed by atoms with Crippen molar-refractivity contribution in [3.05, 3.63) is 41.2 Å². The van der Waals surface area contributed by atoms with Crippen LogP contribution in [-0.2, 0) is 20.7 Å². The van der Waals surface area contributed by atoms with E-state index in [-0.39, 0.29) is 12.8 Å². The van der Waals surface area contributed by atoms with Crippen molar-refractivity contribution in [1.29, 1.82) is 0 Å². The summed E-state index contributed by atoms with van der Waals surface area (Å²) in [5, 5.41) is 8.71. The highest BCUT2D eigenvalue weighted by Gasteiger charge is 2.06. The lowest BCUT2D eigenvalue weighted by atomic mass is 10.0. The summed E-state index contributed by atoms with van der Waals surface area (Å²) in [7, 11) is 1.28. The number of carbonyl (C=O) groups excluding carboxylic acids is 1. The van der Waals surface area contributed by atoms with E-state index < -0.39 is 17.8 Å². The van der Waals surface area contributed by atoms with Crippen molar-refractivity contribution in [2.24, 2.45) is 0 Å². The van der Waals surface area contributed by atoms with E-state index in [0.717, 1.165) is 0 Å². The zero-order valence-corrected chi connectivity index (χ0v) is 9.85. The van der Waals surface area contributed by atoms with Crippen LogP contribution in [0.25, 0.3) is 6.08 Å². The van der Waals surface area contributed by atoms with E-state index in [1.807, 2.05) is 0 Å². The summed E-state index contributed by atoms with van der Waals surface area (Å²) >= 11 is 0. The maximum Gasteiger partial charge on any atom is 0.309 e. The second-order valence-electron chi connectivity index (χ2n) is 3.60. The zero-order chi connectivity index (χ0) is 13.5. The number of aliphatic carboxylic acids is 1. The van der Waals surface area contributed by atoms with E-state index in [2.05, 4.69) is 4.74 Å². The molecule has 4 nitrogen and oxygen atoms in total. The monoisotopic (exact) mass is 252 g/mol. The summed E-state index contributed by atoms with van der Waals surface area (Å²) in [6.45, 7) is 0. The summed E-state index contributed by atoms with van der Waals surface area (Å²) in [5.41, 5.74) is 0.936. The van der Waals surface area contributed by atoms with Crippen molar-refractivity contribution in [3.8, 4) is 0 Å². The maximum atomic E-state index is 13.0. The molecule has 1 aromatic rings. The van der Waals surface area contributed by atoms with Crippen molar-refractivity contribution in [2.75, 3.05) is 7.11 Å². The number of hydrogen-bond acceptors (Lipinski definition) is 3. The molecule has 0 amide bonds. The number of methoxy groups -OCH3 is 1. The van der Waals surface area contributed by atoms with Gasteiger partial charge in [-0.3, -0.25) is 9.59 Å². The Balaban J connectivity index is 2.87. The van der Waals surface area contributed by atoms with Gasteiger partial charge in [-0.25, -0.2) is 4.39 Å². The first-order valence-electron chi connectivity index (χ1n) is 5.26. The number of carboxylic acids is 1. The van der Waals surface area contributed by atoms with Gasteiger partial charge < -0.3 is 9.84 Å². The van der Waals surface area contributed by atoms with Gasteiger partial charge in [0.25, 0.3) is 0 Å². The van der Waals surface area contributed by atoms with Gasteiger partial charge in [0.2, 0.25) is 0 Å². The number of rotatable bonds is 5. The Morgan fingerprint density at radius 1 is 1.44 bits per heavy atom. The Kier molecular flexibility index (Phi) is 5.05. The van der Waals surface area contributed by atoms with Crippen LogP contribution < -0.4 is 0 Å². The zero-order valence-electron chi connectivity index (χ0n) is 9.85. The average molecular weight is 252 g/mol. The number of hydrogen-bond donors (Lipinski definition) is 1. The topological polar surface area (TPSA) is 63.6 Å². The minimum atomic E-state index is -1.04. The largest absolute Gasteiger partial charge is 0.481 e. The maximum absolute atomic E-state index is 13.0. The van der Waals surface area contributed by atoms with Gasteiger partial charge in [0.15, 0.2) is 0 Å². The summed E-state index contributed by atoms with van der Waals surface area (Å²) in [4.78, 5) is 21.5. The third-order valence-corrected chi connectivity index (χ3v) is 2.26. The first-order chi connectivity index (χ1) is 8.52. The molecule has 0 fully saturated rings. The minimum absolute atomic E-state index is 0.0837. The van der Waals surface area contributed by atoms with Gasteiger partial charge >= 0.3 is 11.9 Å². The van der Waals surface area contributed by atoms with Crippen molar-refractivity contribution < 1.29 is 23.8 Å². The lowest BCUT2D eigenvalue weighted by molar-refractivity contribution is -0.139. The molecule has 0 spiro atoms.